The number of anilines is 2. The monoisotopic (exact) mass is 358 g/mol. The molecule has 0 aliphatic heterocycles. The van der Waals surface area contributed by atoms with Crippen LogP contribution in [0.25, 0.3) is 0 Å². The Balaban J connectivity index is 1.97. The lowest BCUT2D eigenvalue weighted by atomic mass is 10.3. The van der Waals surface area contributed by atoms with Crippen LogP contribution in [-0.4, -0.2) is 14.2 Å². The van der Waals surface area contributed by atoms with Crippen LogP contribution in [0.3, 0.4) is 0 Å². The number of hydrogen-bond donors (Lipinski definition) is 2. The van der Waals surface area contributed by atoms with Crippen molar-refractivity contribution in [1.82, 2.24) is 0 Å². The van der Waals surface area contributed by atoms with E-state index in [1.165, 1.54) is 0 Å². The number of rotatable bonds is 6. The zero-order chi connectivity index (χ0) is 14.6. The summed E-state index contributed by atoms with van der Waals surface area (Å²) < 4.78 is 31.6. The second-order valence-corrected chi connectivity index (χ2v) is 6.99. The van der Waals surface area contributed by atoms with E-state index in [2.05, 4.69) is 26.0 Å². The van der Waals surface area contributed by atoms with Gasteiger partial charge in [-0.3, -0.25) is 4.72 Å². The van der Waals surface area contributed by atoms with Crippen LogP contribution < -0.4 is 10.0 Å². The predicted octanol–water partition coefficient (Wildman–Crippen LogP) is 3.42. The largest absolute Gasteiger partial charge is 0.466 e. The normalized spacial score (nSPS) is 11.3. The average Bonchev–Trinajstić information content (AvgIpc) is 2.83. The van der Waals surface area contributed by atoms with Gasteiger partial charge in [-0.25, -0.2) is 8.42 Å². The molecule has 1 aromatic carbocycles. The zero-order valence-electron chi connectivity index (χ0n) is 10.9. The highest BCUT2D eigenvalue weighted by Gasteiger charge is 2.06. The molecule has 20 heavy (non-hydrogen) atoms. The fourth-order valence-corrected chi connectivity index (χ4v) is 2.52. The van der Waals surface area contributed by atoms with Crippen molar-refractivity contribution < 1.29 is 12.8 Å². The van der Waals surface area contributed by atoms with E-state index >= 15 is 0 Å². The van der Waals surface area contributed by atoms with E-state index in [0.29, 0.717) is 12.2 Å². The first-order valence-corrected chi connectivity index (χ1v) is 8.51. The van der Waals surface area contributed by atoms with Crippen molar-refractivity contribution in [3.05, 3.63) is 46.8 Å². The number of furan rings is 1. The summed E-state index contributed by atoms with van der Waals surface area (Å²) in [5, 5.41) is 3.19. The van der Waals surface area contributed by atoms with Gasteiger partial charge < -0.3 is 9.73 Å². The molecule has 7 heteroatoms. The first-order chi connectivity index (χ1) is 9.50. The molecular weight excluding hydrogens is 344 g/mol. The Morgan fingerprint density at radius 3 is 2.35 bits per heavy atom. The van der Waals surface area contributed by atoms with Crippen LogP contribution in [0.2, 0.25) is 0 Å². The standard InChI is InChI=1S/C13H15BrN2O3S/c1-2-20(17,18)16-11-5-3-10(4-6-11)15-9-13-12(14)7-8-19-13/h3-8,15-16H,2,9H2,1H3. The fourth-order valence-electron chi connectivity index (χ4n) is 1.54. The zero-order valence-corrected chi connectivity index (χ0v) is 13.3. The van der Waals surface area contributed by atoms with Gasteiger partial charge in [-0.05, 0) is 53.2 Å². The van der Waals surface area contributed by atoms with Gasteiger partial charge >= 0.3 is 0 Å². The molecular formula is C13H15BrN2O3S. The van der Waals surface area contributed by atoms with Crippen molar-refractivity contribution in [3.63, 3.8) is 0 Å². The highest BCUT2D eigenvalue weighted by molar-refractivity contribution is 9.10. The Bertz CT molecular complexity index is 665. The number of sulfonamides is 1. The van der Waals surface area contributed by atoms with E-state index in [0.717, 1.165) is 15.9 Å². The van der Waals surface area contributed by atoms with Crippen molar-refractivity contribution in [2.45, 2.75) is 13.5 Å². The first-order valence-electron chi connectivity index (χ1n) is 6.06. The lowest BCUT2D eigenvalue weighted by Crippen LogP contribution is -2.14. The molecule has 0 amide bonds. The maximum Gasteiger partial charge on any atom is 0.232 e. The highest BCUT2D eigenvalue weighted by Crippen LogP contribution is 2.20. The first kappa shape index (κ1) is 14.9. The Morgan fingerprint density at radius 1 is 1.15 bits per heavy atom. The Hall–Kier alpha value is -1.47. The van der Waals surface area contributed by atoms with Crippen LogP contribution in [0.5, 0.6) is 0 Å². The van der Waals surface area contributed by atoms with Crippen LogP contribution in [0, 0.1) is 0 Å². The van der Waals surface area contributed by atoms with Gasteiger partial charge in [-0.2, -0.15) is 0 Å². The Labute approximate surface area is 126 Å². The molecule has 0 aliphatic rings. The van der Waals surface area contributed by atoms with Crippen molar-refractivity contribution >= 4 is 37.3 Å². The van der Waals surface area contributed by atoms with Crippen molar-refractivity contribution in [2.75, 3.05) is 15.8 Å². The van der Waals surface area contributed by atoms with Gasteiger partial charge in [0.05, 0.1) is 23.0 Å². The number of benzene rings is 1. The summed E-state index contributed by atoms with van der Waals surface area (Å²) in [6.45, 7) is 2.15. The quantitative estimate of drug-likeness (QED) is 0.829. The SMILES string of the molecule is CCS(=O)(=O)Nc1ccc(NCc2occc2Br)cc1. The summed E-state index contributed by atoms with van der Waals surface area (Å²) >= 11 is 3.38. The third-order valence-corrected chi connectivity index (χ3v) is 4.70. The van der Waals surface area contributed by atoms with E-state index in [1.807, 2.05) is 18.2 Å². The fraction of sp³-hybridized carbons (Fsp3) is 0.231. The summed E-state index contributed by atoms with van der Waals surface area (Å²) in [6, 6.07) is 8.88. The van der Waals surface area contributed by atoms with Gasteiger partial charge in [-0.1, -0.05) is 0 Å². The van der Waals surface area contributed by atoms with Crippen LogP contribution in [0.15, 0.2) is 45.5 Å². The minimum atomic E-state index is -3.23. The summed E-state index contributed by atoms with van der Waals surface area (Å²) in [5.41, 5.74) is 1.43. The van der Waals surface area contributed by atoms with Crippen molar-refractivity contribution in [2.24, 2.45) is 0 Å². The molecule has 2 aromatic rings. The lowest BCUT2D eigenvalue weighted by Gasteiger charge is -2.08. The summed E-state index contributed by atoms with van der Waals surface area (Å²) in [7, 11) is -3.23. The van der Waals surface area contributed by atoms with Gasteiger partial charge in [0.2, 0.25) is 10.0 Å². The van der Waals surface area contributed by atoms with Gasteiger partial charge in [-0.15, -0.1) is 0 Å². The molecule has 108 valence electrons. The highest BCUT2D eigenvalue weighted by atomic mass is 79.9. The molecule has 0 spiro atoms. The van der Waals surface area contributed by atoms with Crippen molar-refractivity contribution in [3.8, 4) is 0 Å². The van der Waals surface area contributed by atoms with Gasteiger partial charge in [0.15, 0.2) is 0 Å². The average molecular weight is 359 g/mol. The van der Waals surface area contributed by atoms with E-state index < -0.39 is 10.0 Å². The maximum atomic E-state index is 11.4. The molecule has 0 saturated heterocycles. The second kappa shape index (κ2) is 6.32. The number of halogens is 1. The third kappa shape index (κ3) is 4.01. The molecule has 2 rings (SSSR count). The number of nitrogens with one attached hydrogen (secondary N) is 2. The summed E-state index contributed by atoms with van der Waals surface area (Å²) in [6.07, 6.45) is 1.61. The third-order valence-electron chi connectivity index (χ3n) is 2.68. The van der Waals surface area contributed by atoms with E-state index in [1.54, 1.807) is 25.3 Å². The van der Waals surface area contributed by atoms with Gasteiger partial charge in [0.25, 0.3) is 0 Å². The molecule has 1 aromatic heterocycles. The molecule has 0 aliphatic carbocycles. The smallest absolute Gasteiger partial charge is 0.232 e. The van der Waals surface area contributed by atoms with Crippen molar-refractivity contribution in [1.29, 1.82) is 0 Å². The van der Waals surface area contributed by atoms with E-state index in [9.17, 15) is 8.42 Å². The van der Waals surface area contributed by atoms with E-state index in [4.69, 9.17) is 4.42 Å². The molecule has 0 radical (unpaired) electrons. The molecule has 2 N–H and O–H groups in total. The molecule has 1 heterocycles. The molecule has 0 saturated carbocycles. The Morgan fingerprint density at radius 2 is 1.80 bits per heavy atom. The lowest BCUT2D eigenvalue weighted by molar-refractivity contribution is 0.516. The minimum absolute atomic E-state index is 0.0551. The minimum Gasteiger partial charge on any atom is -0.466 e. The maximum absolute atomic E-state index is 11.4. The molecule has 5 nitrogen and oxygen atoms in total. The molecule has 0 fully saturated rings. The van der Waals surface area contributed by atoms with E-state index in [-0.39, 0.29) is 5.75 Å². The number of hydrogen-bond acceptors (Lipinski definition) is 4. The van der Waals surface area contributed by atoms with Crippen LogP contribution in [-0.2, 0) is 16.6 Å². The van der Waals surface area contributed by atoms with Crippen LogP contribution >= 0.6 is 15.9 Å². The predicted molar refractivity (Wildman–Crippen MR) is 83.3 cm³/mol. The molecule has 0 bridgehead atoms. The van der Waals surface area contributed by atoms with Crippen LogP contribution in [0.1, 0.15) is 12.7 Å². The molecule has 0 atom stereocenters. The molecule has 0 unspecified atom stereocenters. The van der Waals surface area contributed by atoms with Gasteiger partial charge in [0.1, 0.15) is 5.76 Å². The second-order valence-electron chi connectivity index (χ2n) is 4.13. The topological polar surface area (TPSA) is 71.3 Å². The van der Waals surface area contributed by atoms with Gasteiger partial charge in [0, 0.05) is 11.4 Å². The van der Waals surface area contributed by atoms with Crippen LogP contribution in [0.4, 0.5) is 11.4 Å². The summed E-state index contributed by atoms with van der Waals surface area (Å²) in [4.78, 5) is 0. The summed E-state index contributed by atoms with van der Waals surface area (Å²) in [5.74, 6) is 0.861. The Kier molecular flexibility index (Phi) is 4.72.